The van der Waals surface area contributed by atoms with Crippen LogP contribution in [0.2, 0.25) is 0 Å². The van der Waals surface area contributed by atoms with E-state index in [1.807, 2.05) is 0 Å². The Labute approximate surface area is 101 Å². The van der Waals surface area contributed by atoms with Crippen molar-refractivity contribution in [3.05, 3.63) is 0 Å². The first-order valence-corrected chi connectivity index (χ1v) is 5.36. The minimum atomic E-state index is -1.07. The summed E-state index contributed by atoms with van der Waals surface area (Å²) in [5.41, 5.74) is -0.643. The Bertz CT molecular complexity index is 272. The van der Waals surface area contributed by atoms with E-state index in [1.54, 1.807) is 20.8 Å². The molecule has 0 fully saturated rings. The van der Waals surface area contributed by atoms with Gasteiger partial charge in [-0.1, -0.05) is 0 Å². The Kier molecular flexibility index (Phi) is 5.95. The van der Waals surface area contributed by atoms with Crippen molar-refractivity contribution in [2.75, 3.05) is 20.8 Å². The van der Waals surface area contributed by atoms with E-state index in [4.69, 9.17) is 14.6 Å². The zero-order chi connectivity index (χ0) is 13.6. The molecule has 0 spiro atoms. The minimum Gasteiger partial charge on any atom is -0.480 e. The average Bonchev–Trinajstić information content (AvgIpc) is 2.14. The molecule has 0 aliphatic rings. The van der Waals surface area contributed by atoms with E-state index in [1.165, 1.54) is 14.2 Å². The molecule has 6 nitrogen and oxygen atoms in total. The van der Waals surface area contributed by atoms with Crippen molar-refractivity contribution in [1.29, 1.82) is 0 Å². The van der Waals surface area contributed by atoms with E-state index < -0.39 is 23.7 Å². The summed E-state index contributed by atoms with van der Waals surface area (Å²) in [6.45, 7) is 5.45. The number of carboxylic acid groups (broad SMARTS) is 1. The van der Waals surface area contributed by atoms with Gasteiger partial charge in [0.2, 0.25) is 0 Å². The number of rotatable bonds is 5. The lowest BCUT2D eigenvalue weighted by Crippen LogP contribution is -2.45. The van der Waals surface area contributed by atoms with Crippen LogP contribution >= 0.6 is 0 Å². The number of likely N-dealkylation sites (N-methyl/N-ethyl adjacent to an activating group) is 1. The van der Waals surface area contributed by atoms with Gasteiger partial charge in [-0.15, -0.1) is 0 Å². The van der Waals surface area contributed by atoms with E-state index in [0.717, 1.165) is 4.90 Å². The highest BCUT2D eigenvalue weighted by Gasteiger charge is 2.29. The highest BCUT2D eigenvalue weighted by atomic mass is 16.6. The van der Waals surface area contributed by atoms with Crippen LogP contribution < -0.4 is 0 Å². The molecule has 0 aromatic rings. The third kappa shape index (κ3) is 6.11. The smallest absolute Gasteiger partial charge is 0.410 e. The highest BCUT2D eigenvalue weighted by molar-refractivity contribution is 5.79. The van der Waals surface area contributed by atoms with E-state index in [-0.39, 0.29) is 13.0 Å². The number of carboxylic acids is 1. The number of ether oxygens (including phenoxy) is 2. The molecule has 0 aliphatic heterocycles. The van der Waals surface area contributed by atoms with Crippen molar-refractivity contribution < 1.29 is 24.2 Å². The molecule has 1 atom stereocenters. The SMILES string of the molecule is COCCC(C(=O)O)N(C)C(=O)OC(C)(C)C. The van der Waals surface area contributed by atoms with E-state index in [2.05, 4.69) is 0 Å². The molecule has 1 N–H and O–H groups in total. The van der Waals surface area contributed by atoms with Crippen molar-refractivity contribution >= 4 is 12.1 Å². The third-order valence-corrected chi connectivity index (χ3v) is 2.03. The summed E-state index contributed by atoms with van der Waals surface area (Å²) in [5, 5.41) is 9.01. The van der Waals surface area contributed by atoms with Gasteiger partial charge in [0.15, 0.2) is 0 Å². The number of amides is 1. The normalized spacial score (nSPS) is 13.0. The molecular weight excluding hydrogens is 226 g/mol. The number of hydrogen-bond acceptors (Lipinski definition) is 4. The highest BCUT2D eigenvalue weighted by Crippen LogP contribution is 2.12. The van der Waals surface area contributed by atoms with Crippen LogP contribution in [0.5, 0.6) is 0 Å². The molecule has 0 aromatic heterocycles. The van der Waals surface area contributed by atoms with Gasteiger partial charge in [-0.2, -0.15) is 0 Å². The third-order valence-electron chi connectivity index (χ3n) is 2.03. The maximum absolute atomic E-state index is 11.7. The maximum atomic E-state index is 11.7. The number of carbonyl (C=O) groups excluding carboxylic acids is 1. The molecule has 0 aromatic carbocycles. The zero-order valence-corrected chi connectivity index (χ0v) is 11.0. The van der Waals surface area contributed by atoms with Crippen LogP contribution in [0.1, 0.15) is 27.2 Å². The predicted octanol–water partition coefficient (Wildman–Crippen LogP) is 1.34. The van der Waals surface area contributed by atoms with Crippen LogP contribution in [0.4, 0.5) is 4.79 Å². The number of carbonyl (C=O) groups is 2. The van der Waals surface area contributed by atoms with Crippen molar-refractivity contribution in [3.63, 3.8) is 0 Å². The second-order valence-electron chi connectivity index (χ2n) is 4.73. The fourth-order valence-electron chi connectivity index (χ4n) is 1.17. The Balaban J connectivity index is 4.55. The van der Waals surface area contributed by atoms with E-state index >= 15 is 0 Å². The quantitative estimate of drug-likeness (QED) is 0.793. The predicted molar refractivity (Wildman–Crippen MR) is 61.9 cm³/mol. The Morgan fingerprint density at radius 2 is 1.88 bits per heavy atom. The summed E-state index contributed by atoms with van der Waals surface area (Å²) in [7, 11) is 2.88. The minimum absolute atomic E-state index is 0.224. The van der Waals surface area contributed by atoms with Gasteiger partial charge in [0.25, 0.3) is 0 Å². The number of aliphatic carboxylic acids is 1. The van der Waals surface area contributed by atoms with Gasteiger partial charge in [-0.05, 0) is 20.8 Å². The molecule has 0 saturated heterocycles. The van der Waals surface area contributed by atoms with Crippen molar-refractivity contribution in [2.45, 2.75) is 38.8 Å². The van der Waals surface area contributed by atoms with Gasteiger partial charge >= 0.3 is 12.1 Å². The molecule has 6 heteroatoms. The summed E-state index contributed by atoms with van der Waals surface area (Å²) in [6, 6.07) is -0.940. The molecule has 0 saturated carbocycles. The van der Waals surface area contributed by atoms with Gasteiger partial charge in [-0.25, -0.2) is 9.59 Å². The van der Waals surface area contributed by atoms with Crippen LogP contribution in [-0.4, -0.2) is 54.5 Å². The Morgan fingerprint density at radius 1 is 1.35 bits per heavy atom. The molecule has 17 heavy (non-hydrogen) atoms. The maximum Gasteiger partial charge on any atom is 0.410 e. The standard InChI is InChI=1S/C11H21NO5/c1-11(2,3)17-10(15)12(4)8(9(13)14)6-7-16-5/h8H,6-7H2,1-5H3,(H,13,14). The van der Waals surface area contributed by atoms with Crippen LogP contribution in [0.15, 0.2) is 0 Å². The first kappa shape index (κ1) is 15.7. The lowest BCUT2D eigenvalue weighted by molar-refractivity contribution is -0.143. The average molecular weight is 247 g/mol. The van der Waals surface area contributed by atoms with Gasteiger partial charge in [0, 0.05) is 27.2 Å². The van der Waals surface area contributed by atoms with E-state index in [0.29, 0.717) is 0 Å². The summed E-state index contributed by atoms with van der Waals surface area (Å²) in [5.74, 6) is -1.07. The Morgan fingerprint density at radius 3 is 2.24 bits per heavy atom. The lowest BCUT2D eigenvalue weighted by atomic mass is 10.2. The monoisotopic (exact) mass is 247 g/mol. The summed E-state index contributed by atoms with van der Waals surface area (Å²) < 4.78 is 9.90. The van der Waals surface area contributed by atoms with E-state index in [9.17, 15) is 9.59 Å². The molecule has 1 unspecified atom stereocenters. The number of nitrogens with zero attached hydrogens (tertiary/aromatic N) is 1. The molecule has 0 rings (SSSR count). The first-order valence-electron chi connectivity index (χ1n) is 5.36. The summed E-state index contributed by atoms with van der Waals surface area (Å²) in [6.07, 6.45) is -0.428. The lowest BCUT2D eigenvalue weighted by Gasteiger charge is -2.28. The fraction of sp³-hybridized carbons (Fsp3) is 0.818. The van der Waals surface area contributed by atoms with Crippen LogP contribution in [-0.2, 0) is 14.3 Å². The van der Waals surface area contributed by atoms with Gasteiger partial charge in [0.1, 0.15) is 11.6 Å². The topological polar surface area (TPSA) is 76.1 Å². The van der Waals surface area contributed by atoms with Crippen LogP contribution in [0.3, 0.4) is 0 Å². The summed E-state index contributed by atoms with van der Waals surface area (Å²) in [4.78, 5) is 23.8. The van der Waals surface area contributed by atoms with Crippen LogP contribution in [0, 0.1) is 0 Å². The fourth-order valence-corrected chi connectivity index (χ4v) is 1.17. The molecule has 0 aliphatic carbocycles. The molecule has 1 amide bonds. The molecule has 0 heterocycles. The second kappa shape index (κ2) is 6.44. The van der Waals surface area contributed by atoms with Gasteiger partial charge in [-0.3, -0.25) is 4.90 Å². The second-order valence-corrected chi connectivity index (χ2v) is 4.73. The molecular formula is C11H21NO5. The largest absolute Gasteiger partial charge is 0.480 e. The van der Waals surface area contributed by atoms with Gasteiger partial charge in [0.05, 0.1) is 0 Å². The molecule has 0 bridgehead atoms. The van der Waals surface area contributed by atoms with Crippen molar-refractivity contribution in [3.8, 4) is 0 Å². The Hall–Kier alpha value is -1.30. The van der Waals surface area contributed by atoms with Crippen molar-refractivity contribution in [2.24, 2.45) is 0 Å². The van der Waals surface area contributed by atoms with Gasteiger partial charge < -0.3 is 14.6 Å². The number of methoxy groups -OCH3 is 1. The molecule has 100 valence electrons. The summed E-state index contributed by atoms with van der Waals surface area (Å²) >= 11 is 0. The first-order chi connectivity index (χ1) is 7.69. The number of hydrogen-bond donors (Lipinski definition) is 1. The van der Waals surface area contributed by atoms with Crippen molar-refractivity contribution in [1.82, 2.24) is 4.90 Å². The van der Waals surface area contributed by atoms with Crippen LogP contribution in [0.25, 0.3) is 0 Å². The zero-order valence-electron chi connectivity index (χ0n) is 11.0. The molecule has 0 radical (unpaired) electrons.